The van der Waals surface area contributed by atoms with Gasteiger partial charge in [-0.1, -0.05) is 13.8 Å². The number of carbonyl (C=O) groups excluding carboxylic acids is 8. The van der Waals surface area contributed by atoms with Crippen molar-refractivity contribution in [2.24, 2.45) is 17.8 Å². The Morgan fingerprint density at radius 1 is 0.593 bits per heavy atom. The van der Waals surface area contributed by atoms with Crippen LogP contribution in [-0.4, -0.2) is 281 Å². The number of ether oxygens (including phenoxy) is 10. The maximum atomic E-state index is 12.2. The van der Waals surface area contributed by atoms with Crippen LogP contribution in [0.15, 0.2) is 0 Å². The fourth-order valence-corrected chi connectivity index (χ4v) is 16.2. The second kappa shape index (κ2) is 38.2. The van der Waals surface area contributed by atoms with E-state index < -0.39 is 185 Å². The first-order valence-corrected chi connectivity index (χ1v) is 33.2. The molecule has 6 aliphatic rings. The topological polar surface area (TPSA) is 536 Å². The molecule has 6 N–H and O–H groups in total. The molecule has 8 unspecified atom stereocenters. The molecule has 0 radical (unpaired) electrons. The highest BCUT2D eigenvalue weighted by atomic mass is 32.3. The summed E-state index contributed by atoms with van der Waals surface area (Å²) in [6.45, 7) is 6.92. The summed E-state index contributed by atoms with van der Waals surface area (Å²) in [7, 11) is -14.5. The van der Waals surface area contributed by atoms with Gasteiger partial charge in [0, 0.05) is 21.8 Å². The van der Waals surface area contributed by atoms with Crippen molar-refractivity contribution in [1.82, 2.24) is 0 Å². The molecule has 6 fully saturated rings. The molecule has 6 aliphatic heterocycles. The molecule has 498 valence electrons. The predicted octanol–water partition coefficient (Wildman–Crippen LogP) is -6.67. The van der Waals surface area contributed by atoms with Crippen LogP contribution in [0.3, 0.4) is 0 Å². The van der Waals surface area contributed by atoms with Crippen molar-refractivity contribution in [3.05, 3.63) is 0 Å². The molecular formula is C45H72O36S5. The number of esters is 4. The first-order chi connectivity index (χ1) is 40.4. The minimum absolute atomic E-state index is 0.0650. The van der Waals surface area contributed by atoms with Crippen LogP contribution in [0.25, 0.3) is 0 Å². The van der Waals surface area contributed by atoms with E-state index in [1.807, 2.05) is 0 Å². The smallest absolute Gasteiger partial charge is 0.400 e. The van der Waals surface area contributed by atoms with Gasteiger partial charge < -0.3 is 87.1 Å². The van der Waals surface area contributed by atoms with Gasteiger partial charge >= 0.3 is 46.6 Å². The van der Waals surface area contributed by atoms with E-state index in [0.717, 1.165) is 7.11 Å². The van der Waals surface area contributed by atoms with Crippen molar-refractivity contribution >= 4 is 89.2 Å². The minimum Gasteiger partial charge on any atom is -0.726 e. The summed E-state index contributed by atoms with van der Waals surface area (Å²) in [5.74, 6) is -5.18. The molecule has 0 aromatic carbocycles. The SMILES string of the molecule is CCOC(=O)C(C(=O)OC)C1OC[C@@H]2OS(=O)(=O)OC[C@H]2O1.CCOC(=O)C(CC)C1OC[C@H](OS(=O)(=O)[O-])[C@@H](C[S+]2C[C@@H](O)[C@H](O)[C@H]2CO)O1.CCOC(=O)C(CC)C1OC[C@H](OS(=O)(=O)[O-])[C@@H](C[S+]2C[C@@H](O)[C@H](O)[C@H]2CO)O1.O=C=O.O=C=O. The van der Waals surface area contributed by atoms with Crippen LogP contribution >= 0.6 is 0 Å². The molecule has 36 nitrogen and oxygen atoms in total. The highest BCUT2D eigenvalue weighted by Gasteiger charge is 2.55. The molecule has 0 bridgehead atoms. The molecule has 0 amide bonds. The Hall–Kier alpha value is -3.53. The van der Waals surface area contributed by atoms with Gasteiger partial charge in [0.1, 0.15) is 95.9 Å². The van der Waals surface area contributed by atoms with Crippen LogP contribution in [0, 0.1) is 17.8 Å². The summed E-state index contributed by atoms with van der Waals surface area (Å²) in [5.41, 5.74) is 0. The Labute approximate surface area is 499 Å². The number of aliphatic hydroxyl groups is 6. The third kappa shape index (κ3) is 24.7. The van der Waals surface area contributed by atoms with Gasteiger partial charge in [-0.25, -0.2) is 25.2 Å². The normalized spacial score (nSPS) is 33.0. The van der Waals surface area contributed by atoms with Gasteiger partial charge in [0.05, 0.1) is 66.6 Å². The summed E-state index contributed by atoms with van der Waals surface area (Å²) >= 11 is 0. The summed E-state index contributed by atoms with van der Waals surface area (Å²) in [5, 5.41) is 57.7. The third-order valence-electron chi connectivity index (χ3n) is 12.8. The Morgan fingerprint density at radius 2 is 0.977 bits per heavy atom. The molecule has 0 aromatic heterocycles. The van der Waals surface area contributed by atoms with E-state index in [-0.39, 0.29) is 94.8 Å². The number of methoxy groups -OCH3 is 1. The molecule has 20 atom stereocenters. The number of fused-ring (bicyclic) bond motifs is 1. The molecule has 6 heterocycles. The second-order valence-corrected chi connectivity index (χ2v) is 26.3. The Balaban J connectivity index is 0.000000423. The Morgan fingerprint density at radius 3 is 1.33 bits per heavy atom. The predicted molar refractivity (Wildman–Crippen MR) is 276 cm³/mol. The van der Waals surface area contributed by atoms with E-state index in [2.05, 4.69) is 21.5 Å². The largest absolute Gasteiger partial charge is 0.726 e. The first-order valence-electron chi connectivity index (χ1n) is 25.9. The van der Waals surface area contributed by atoms with Crippen LogP contribution in [-0.2, 0) is 155 Å². The molecule has 0 aromatic rings. The van der Waals surface area contributed by atoms with Gasteiger partial charge in [0.25, 0.3) is 0 Å². The number of hydrogen-bond acceptors (Lipinski definition) is 36. The number of carbonyl (C=O) groups is 4. The Kier molecular flexibility index (Phi) is 34.9. The van der Waals surface area contributed by atoms with Crippen molar-refractivity contribution in [2.75, 3.05) is 89.6 Å². The fraction of sp³-hybridized carbons (Fsp3) is 0.867. The van der Waals surface area contributed by atoms with Gasteiger partial charge in [-0.15, -0.1) is 0 Å². The average Bonchev–Trinajstić information content (AvgIpc) is 2.86. The lowest BCUT2D eigenvalue weighted by atomic mass is 10.1. The lowest BCUT2D eigenvalue weighted by Gasteiger charge is -2.39. The summed E-state index contributed by atoms with van der Waals surface area (Å²) in [6.07, 6.45) is -12.6. The molecular weight excluding hydrogens is 1280 g/mol. The van der Waals surface area contributed by atoms with Gasteiger partial charge in [0.2, 0.25) is 26.7 Å². The van der Waals surface area contributed by atoms with E-state index >= 15 is 0 Å². The van der Waals surface area contributed by atoms with Crippen LogP contribution in [0.1, 0.15) is 47.5 Å². The lowest BCUT2D eigenvalue weighted by Crippen LogP contribution is -2.55. The first kappa shape index (κ1) is 78.6. The van der Waals surface area contributed by atoms with Gasteiger partial charge in [-0.05, 0) is 33.6 Å². The summed E-state index contributed by atoms with van der Waals surface area (Å²) in [4.78, 5) is 80.4. The zero-order chi connectivity index (χ0) is 65.3. The van der Waals surface area contributed by atoms with E-state index in [4.69, 9.17) is 61.8 Å². The molecule has 0 spiro atoms. The van der Waals surface area contributed by atoms with Gasteiger partial charge in [0.15, 0.2) is 29.4 Å². The molecule has 41 heteroatoms. The molecule has 0 saturated carbocycles. The monoisotopic (exact) mass is 1350 g/mol. The van der Waals surface area contributed by atoms with Gasteiger partial charge in [-0.2, -0.15) is 27.6 Å². The van der Waals surface area contributed by atoms with Crippen LogP contribution in [0.4, 0.5) is 0 Å². The fourth-order valence-electron chi connectivity index (χ4n) is 8.85. The number of aliphatic hydroxyl groups excluding tert-OH is 6. The molecule has 6 rings (SSSR count). The van der Waals surface area contributed by atoms with E-state index in [1.165, 1.54) is 0 Å². The highest BCUT2D eigenvalue weighted by molar-refractivity contribution is 7.98. The zero-order valence-electron chi connectivity index (χ0n) is 47.0. The van der Waals surface area contributed by atoms with E-state index in [9.17, 15) is 84.2 Å². The second-order valence-electron chi connectivity index (χ2n) is 18.3. The van der Waals surface area contributed by atoms with E-state index in [1.54, 1.807) is 34.6 Å². The van der Waals surface area contributed by atoms with Crippen LogP contribution < -0.4 is 0 Å². The Bertz CT molecular complexity index is 2390. The minimum atomic E-state index is -5.05. The number of hydrogen-bond donors (Lipinski definition) is 6. The van der Waals surface area contributed by atoms with Crippen LogP contribution in [0.5, 0.6) is 0 Å². The maximum absolute atomic E-state index is 12.2. The van der Waals surface area contributed by atoms with Crippen molar-refractivity contribution in [1.29, 1.82) is 0 Å². The average molecular weight is 1350 g/mol. The zero-order valence-corrected chi connectivity index (χ0v) is 51.1. The quantitative estimate of drug-likeness (QED) is 0.0147. The standard InChI is InChI=1S/2C16H28O11S2.C11H16O10S.2CO2/c2*1-3-9(15(20)24-4-2)16-25-6-11(27-29(21,22)23)12(26-16)8-28-7-10(18)14(19)13(28)5-17;1-3-17-10(13)8(9(12)16-2)11-18-4-7-6(20-11)5-19-22(14,15)21-7;2*2-1-3/h2*9-14,16-19H,3-8H2,1-2H3;6-8,11H,3-5H2,1-2H3;;/t2*9?,10-,11+,12-,13-,14+,16?,28?;6-,7+,8?,11?;;/m111../s1. The molecule has 6 saturated heterocycles. The molecule has 86 heavy (non-hydrogen) atoms. The van der Waals surface area contributed by atoms with E-state index in [0.29, 0.717) is 12.8 Å². The van der Waals surface area contributed by atoms with Crippen LogP contribution in [0.2, 0.25) is 0 Å². The third-order valence-corrected chi connectivity index (χ3v) is 20.3. The highest BCUT2D eigenvalue weighted by Crippen LogP contribution is 2.33. The summed E-state index contributed by atoms with van der Waals surface area (Å²) < 4.78 is 160. The number of rotatable bonds is 22. The van der Waals surface area contributed by atoms with Crippen molar-refractivity contribution < 1.29 is 167 Å². The summed E-state index contributed by atoms with van der Waals surface area (Å²) in [6, 6.07) is 0. The van der Waals surface area contributed by atoms with Gasteiger partial charge in [-0.3, -0.25) is 27.5 Å². The van der Waals surface area contributed by atoms with Crippen molar-refractivity contribution in [3.8, 4) is 0 Å². The molecule has 0 aliphatic carbocycles. The maximum Gasteiger partial charge on any atom is 0.400 e. The van der Waals surface area contributed by atoms with Crippen molar-refractivity contribution in [3.63, 3.8) is 0 Å². The van der Waals surface area contributed by atoms with Crippen molar-refractivity contribution in [2.45, 2.75) is 138 Å². The lowest BCUT2D eigenvalue weighted by molar-refractivity contribution is -0.277.